The van der Waals surface area contributed by atoms with Gasteiger partial charge in [-0.2, -0.15) is 0 Å². The summed E-state index contributed by atoms with van der Waals surface area (Å²) in [6.45, 7) is 0. The van der Waals surface area contributed by atoms with E-state index in [-0.39, 0.29) is 0 Å². The summed E-state index contributed by atoms with van der Waals surface area (Å²) >= 11 is 0. The number of H-pyrrole nitrogens is 1. The second-order valence-corrected chi connectivity index (χ2v) is 1.67. The molecule has 0 aliphatic carbocycles. The molecule has 5 nitrogen and oxygen atoms in total. The van der Waals surface area contributed by atoms with Crippen molar-refractivity contribution in [2.45, 2.75) is 0 Å². The van der Waals surface area contributed by atoms with Crippen LogP contribution in [0.3, 0.4) is 0 Å². The lowest BCUT2D eigenvalue weighted by Gasteiger charge is -1.93. The van der Waals surface area contributed by atoms with E-state index in [1.807, 2.05) is 4.98 Å². The molecule has 1 aromatic heterocycles. The van der Waals surface area contributed by atoms with Crippen LogP contribution in [0.5, 0.6) is 0 Å². The monoisotopic (exact) mass is 138 g/mol. The highest BCUT2D eigenvalue weighted by atomic mass is 16.2. The fourth-order valence-corrected chi connectivity index (χ4v) is 0.545. The lowest BCUT2D eigenvalue weighted by molar-refractivity contribution is 0.964. The molecule has 0 aliphatic heterocycles. The number of nitrogens with zero attached hydrogens (tertiary/aromatic N) is 1. The van der Waals surface area contributed by atoms with Crippen LogP contribution in [-0.2, 0) is 0 Å². The normalized spacial score (nSPS) is 9.30. The summed E-state index contributed by atoms with van der Waals surface area (Å²) in [6, 6.07) is 1.21. The molecule has 0 aliphatic rings. The molecular formula is C4H5BN3O2. The van der Waals surface area contributed by atoms with Crippen molar-refractivity contribution in [3.05, 3.63) is 33.1 Å². The van der Waals surface area contributed by atoms with Gasteiger partial charge in [0, 0.05) is 12.3 Å². The first-order valence-electron chi connectivity index (χ1n) is 2.60. The van der Waals surface area contributed by atoms with E-state index in [0.717, 1.165) is 12.0 Å². The number of nitrogens with two attached hydrogens (primary N) is 1. The minimum Gasteiger partial charge on any atom is -0.354 e. The van der Waals surface area contributed by atoms with Gasteiger partial charge in [0.1, 0.15) is 0 Å². The average molecular weight is 138 g/mol. The highest BCUT2D eigenvalue weighted by Crippen LogP contribution is 1.62. The second kappa shape index (κ2) is 2.53. The molecule has 51 valence electrons. The van der Waals surface area contributed by atoms with Crippen LogP contribution in [0.2, 0.25) is 0 Å². The molecule has 1 aromatic rings. The molecule has 0 aromatic carbocycles. The zero-order valence-corrected chi connectivity index (χ0v) is 5.07. The Kier molecular flexibility index (Phi) is 1.72. The van der Waals surface area contributed by atoms with E-state index in [1.165, 1.54) is 12.3 Å². The summed E-state index contributed by atoms with van der Waals surface area (Å²) < 4.78 is 1.07. The molecule has 0 spiro atoms. The largest absolute Gasteiger partial charge is 0.355 e. The van der Waals surface area contributed by atoms with Gasteiger partial charge in [-0.1, -0.05) is 0 Å². The Morgan fingerprint density at radius 3 is 2.80 bits per heavy atom. The molecule has 3 N–H and O–H groups in total. The first-order chi connectivity index (χ1) is 4.74. The Bertz CT molecular complexity index is 328. The molecule has 0 saturated heterocycles. The number of hydrogen-bond acceptors (Lipinski definition) is 3. The van der Waals surface area contributed by atoms with Crippen molar-refractivity contribution < 1.29 is 0 Å². The molecule has 0 bridgehead atoms. The van der Waals surface area contributed by atoms with Gasteiger partial charge in [-0.3, -0.25) is 9.78 Å². The molecule has 1 radical (unpaired) electrons. The van der Waals surface area contributed by atoms with Crippen LogP contribution in [0.15, 0.2) is 21.9 Å². The van der Waals surface area contributed by atoms with Gasteiger partial charge < -0.3 is 10.1 Å². The quantitative estimate of drug-likeness (QED) is 0.435. The third kappa shape index (κ3) is 1.16. The summed E-state index contributed by atoms with van der Waals surface area (Å²) in [7, 11) is 1.07. The zero-order chi connectivity index (χ0) is 7.56. The summed E-state index contributed by atoms with van der Waals surface area (Å²) in [5, 5.41) is 0. The minimum atomic E-state index is -0.532. The van der Waals surface area contributed by atoms with Gasteiger partial charge in [0.2, 0.25) is 0 Å². The minimum absolute atomic E-state index is 0.428. The van der Waals surface area contributed by atoms with E-state index in [2.05, 4.69) is 0 Å². The van der Waals surface area contributed by atoms with Gasteiger partial charge in [0.25, 0.3) is 5.56 Å². The fraction of sp³-hybridized carbons (Fsp3) is 0. The summed E-state index contributed by atoms with van der Waals surface area (Å²) in [4.78, 5) is 23.1. The van der Waals surface area contributed by atoms with Gasteiger partial charge in [0.15, 0.2) is 0 Å². The van der Waals surface area contributed by atoms with Crippen LogP contribution < -0.4 is 16.9 Å². The van der Waals surface area contributed by atoms with Gasteiger partial charge >= 0.3 is 13.2 Å². The Labute approximate surface area is 56.8 Å². The number of rotatable bonds is 1. The van der Waals surface area contributed by atoms with E-state index >= 15 is 0 Å². The summed E-state index contributed by atoms with van der Waals surface area (Å²) in [6.07, 6.45) is 1.29. The van der Waals surface area contributed by atoms with Crippen LogP contribution >= 0.6 is 0 Å². The molecule has 0 fully saturated rings. The molecule has 0 saturated carbocycles. The lowest BCUT2D eigenvalue weighted by Crippen LogP contribution is -2.34. The number of aromatic amines is 1. The SMILES string of the molecule is N[B]n1ccc(=O)[nH]c1=O. The predicted octanol–water partition coefficient (Wildman–Crippen LogP) is -2.12. The maximum absolute atomic E-state index is 10.7. The maximum atomic E-state index is 10.7. The lowest BCUT2D eigenvalue weighted by atomic mass is 10.2. The highest BCUT2D eigenvalue weighted by Gasteiger charge is 1.92. The fourth-order valence-electron chi connectivity index (χ4n) is 0.545. The van der Waals surface area contributed by atoms with Crippen molar-refractivity contribution in [3.8, 4) is 0 Å². The molecule has 6 heteroatoms. The molecule has 10 heavy (non-hydrogen) atoms. The van der Waals surface area contributed by atoms with Crippen molar-refractivity contribution >= 4 is 7.55 Å². The van der Waals surface area contributed by atoms with Crippen LogP contribution in [0.1, 0.15) is 0 Å². The summed E-state index contributed by atoms with van der Waals surface area (Å²) in [5.41, 5.74) is 4.06. The standard InChI is InChI=1S/C4H5BN3O2/c6-5-8-2-1-3(9)7-4(8)10/h1-2H,6H2,(H,7,9,10). The number of hydrogen-bond donors (Lipinski definition) is 2. The van der Waals surface area contributed by atoms with E-state index in [9.17, 15) is 9.59 Å². The molecule has 0 amide bonds. The van der Waals surface area contributed by atoms with Crippen molar-refractivity contribution in [2.24, 2.45) is 5.64 Å². The first kappa shape index (κ1) is 6.82. The average Bonchev–Trinajstić information content (AvgIpc) is 1.88. The van der Waals surface area contributed by atoms with Crippen molar-refractivity contribution in [1.29, 1.82) is 0 Å². The Morgan fingerprint density at radius 2 is 2.30 bits per heavy atom. The first-order valence-corrected chi connectivity index (χ1v) is 2.60. The Hall–Kier alpha value is -1.30. The van der Waals surface area contributed by atoms with Crippen LogP contribution in [0, 0.1) is 0 Å². The van der Waals surface area contributed by atoms with Crippen molar-refractivity contribution in [3.63, 3.8) is 0 Å². The van der Waals surface area contributed by atoms with Gasteiger partial charge in [-0.25, -0.2) is 4.79 Å². The van der Waals surface area contributed by atoms with E-state index < -0.39 is 11.2 Å². The predicted molar refractivity (Wildman–Crippen MR) is 36.7 cm³/mol. The second-order valence-electron chi connectivity index (χ2n) is 1.67. The van der Waals surface area contributed by atoms with Crippen LogP contribution in [-0.4, -0.2) is 17.0 Å². The molecule has 1 heterocycles. The molecule has 1 rings (SSSR count). The Morgan fingerprint density at radius 1 is 1.60 bits per heavy atom. The number of aromatic nitrogens is 2. The topological polar surface area (TPSA) is 80.9 Å². The van der Waals surface area contributed by atoms with Crippen molar-refractivity contribution in [2.75, 3.05) is 0 Å². The van der Waals surface area contributed by atoms with Crippen LogP contribution in [0.25, 0.3) is 0 Å². The van der Waals surface area contributed by atoms with Gasteiger partial charge in [0.05, 0.1) is 0 Å². The van der Waals surface area contributed by atoms with E-state index in [4.69, 9.17) is 5.64 Å². The smallest absolute Gasteiger partial charge is 0.354 e. The van der Waals surface area contributed by atoms with Gasteiger partial charge in [-0.15, -0.1) is 0 Å². The molecular weight excluding hydrogens is 133 g/mol. The van der Waals surface area contributed by atoms with E-state index in [0.29, 0.717) is 0 Å². The molecule has 0 atom stereocenters. The van der Waals surface area contributed by atoms with Crippen LogP contribution in [0.4, 0.5) is 0 Å². The molecule has 0 unspecified atom stereocenters. The zero-order valence-electron chi connectivity index (χ0n) is 5.07. The summed E-state index contributed by atoms with van der Waals surface area (Å²) in [5.74, 6) is 0. The highest BCUT2D eigenvalue weighted by molar-refractivity contribution is 6.28. The number of nitrogens with one attached hydrogen (secondary N) is 1. The Balaban J connectivity index is 3.34. The third-order valence-electron chi connectivity index (χ3n) is 1.01. The van der Waals surface area contributed by atoms with Gasteiger partial charge in [-0.05, 0) is 0 Å². The third-order valence-corrected chi connectivity index (χ3v) is 1.01. The van der Waals surface area contributed by atoms with Crippen molar-refractivity contribution in [1.82, 2.24) is 9.46 Å². The maximum Gasteiger partial charge on any atom is 0.355 e. The van der Waals surface area contributed by atoms with E-state index in [1.54, 1.807) is 0 Å².